The Labute approximate surface area is 176 Å². The second-order valence-electron chi connectivity index (χ2n) is 6.61. The molecule has 0 radical (unpaired) electrons. The van der Waals surface area contributed by atoms with Crippen LogP contribution in [0.3, 0.4) is 0 Å². The Morgan fingerprint density at radius 2 is 1.61 bits per heavy atom. The topological polar surface area (TPSA) is 67.4 Å². The summed E-state index contributed by atoms with van der Waals surface area (Å²) in [4.78, 5) is 24.4. The molecule has 2 amide bonds. The number of nitrogens with one attached hydrogen (secondary N) is 2. The lowest BCUT2D eigenvalue weighted by Gasteiger charge is -2.11. The van der Waals surface area contributed by atoms with Gasteiger partial charge < -0.3 is 15.4 Å². The number of amides is 2. The minimum absolute atomic E-state index is 0.0115. The van der Waals surface area contributed by atoms with Crippen LogP contribution in [0.15, 0.2) is 78.9 Å². The molecule has 2 N–H and O–H groups in total. The molecule has 3 aromatic rings. The molecule has 0 aliphatic carbocycles. The lowest BCUT2D eigenvalue weighted by Crippen LogP contribution is -2.23. The summed E-state index contributed by atoms with van der Waals surface area (Å²) in [6.07, 6.45) is -4.50. The Kier molecular flexibility index (Phi) is 6.92. The van der Waals surface area contributed by atoms with Crippen molar-refractivity contribution in [3.63, 3.8) is 0 Å². The first-order chi connectivity index (χ1) is 14.8. The van der Waals surface area contributed by atoms with E-state index in [-0.39, 0.29) is 17.3 Å². The minimum atomic E-state index is -4.50. The highest BCUT2D eigenvalue weighted by Crippen LogP contribution is 2.30. The number of halogens is 3. The summed E-state index contributed by atoms with van der Waals surface area (Å²) < 4.78 is 43.7. The fourth-order valence-corrected chi connectivity index (χ4v) is 2.73. The molecule has 0 saturated carbocycles. The smallest absolute Gasteiger partial charge is 0.416 e. The van der Waals surface area contributed by atoms with Gasteiger partial charge in [0.15, 0.2) is 6.61 Å². The van der Waals surface area contributed by atoms with E-state index in [0.29, 0.717) is 12.1 Å². The number of alkyl halides is 3. The maximum absolute atomic E-state index is 12.8. The molecule has 3 aromatic carbocycles. The molecule has 0 atom stereocenters. The molecule has 0 aliphatic heterocycles. The van der Waals surface area contributed by atoms with Gasteiger partial charge in [0.2, 0.25) is 0 Å². The summed E-state index contributed by atoms with van der Waals surface area (Å²) in [6.45, 7) is -0.0600. The van der Waals surface area contributed by atoms with E-state index in [0.717, 1.165) is 17.7 Å². The molecule has 0 heterocycles. The summed E-state index contributed by atoms with van der Waals surface area (Å²) in [5, 5.41) is 5.15. The monoisotopic (exact) mass is 428 g/mol. The maximum atomic E-state index is 12.8. The predicted octanol–water partition coefficient (Wildman–Crippen LogP) is 4.65. The molecule has 31 heavy (non-hydrogen) atoms. The van der Waals surface area contributed by atoms with Crippen molar-refractivity contribution in [2.45, 2.75) is 12.7 Å². The summed E-state index contributed by atoms with van der Waals surface area (Å²) in [5.74, 6) is -0.646. The van der Waals surface area contributed by atoms with Crippen LogP contribution in [-0.2, 0) is 17.5 Å². The van der Waals surface area contributed by atoms with E-state index < -0.39 is 24.3 Å². The highest BCUT2D eigenvalue weighted by Gasteiger charge is 2.30. The van der Waals surface area contributed by atoms with Crippen molar-refractivity contribution in [2.75, 3.05) is 11.9 Å². The molecule has 0 saturated heterocycles. The molecule has 0 spiro atoms. The van der Waals surface area contributed by atoms with Crippen LogP contribution in [0.1, 0.15) is 21.5 Å². The number of benzene rings is 3. The summed E-state index contributed by atoms with van der Waals surface area (Å²) >= 11 is 0. The zero-order chi connectivity index (χ0) is 22.3. The van der Waals surface area contributed by atoms with Crippen molar-refractivity contribution in [3.05, 3.63) is 95.6 Å². The number of rotatable bonds is 7. The van der Waals surface area contributed by atoms with E-state index in [1.54, 1.807) is 18.2 Å². The Hall–Kier alpha value is -3.81. The second-order valence-corrected chi connectivity index (χ2v) is 6.61. The molecule has 0 aromatic heterocycles. The number of ether oxygens (including phenoxy) is 1. The van der Waals surface area contributed by atoms with Gasteiger partial charge in [-0.15, -0.1) is 0 Å². The van der Waals surface area contributed by atoms with Crippen LogP contribution in [0.25, 0.3) is 0 Å². The molecular weight excluding hydrogens is 409 g/mol. The van der Waals surface area contributed by atoms with Crippen LogP contribution in [0, 0.1) is 0 Å². The van der Waals surface area contributed by atoms with Crippen LogP contribution in [-0.4, -0.2) is 18.4 Å². The summed E-state index contributed by atoms with van der Waals surface area (Å²) in [7, 11) is 0. The number of carbonyl (C=O) groups is 2. The normalized spacial score (nSPS) is 10.9. The quantitative estimate of drug-likeness (QED) is 0.576. The Morgan fingerprint density at radius 3 is 2.35 bits per heavy atom. The van der Waals surface area contributed by atoms with E-state index in [1.807, 2.05) is 30.3 Å². The first kappa shape index (κ1) is 21.9. The predicted molar refractivity (Wildman–Crippen MR) is 110 cm³/mol. The van der Waals surface area contributed by atoms with E-state index in [4.69, 9.17) is 4.74 Å². The van der Waals surface area contributed by atoms with Crippen LogP contribution >= 0.6 is 0 Å². The zero-order valence-corrected chi connectivity index (χ0v) is 16.3. The molecule has 0 fully saturated rings. The standard InChI is InChI=1S/C23H19F3N2O3/c24-23(25,26)18-9-5-10-19(13-18)28-21(29)15-31-20-11-4-8-17(12-20)22(30)27-14-16-6-2-1-3-7-16/h1-13H,14-15H2,(H,27,30)(H,28,29). The number of hydrogen-bond acceptors (Lipinski definition) is 3. The van der Waals surface area contributed by atoms with Gasteiger partial charge in [-0.25, -0.2) is 0 Å². The lowest BCUT2D eigenvalue weighted by molar-refractivity contribution is -0.137. The molecule has 0 unspecified atom stereocenters. The first-order valence-electron chi connectivity index (χ1n) is 9.33. The third kappa shape index (κ3) is 6.60. The first-order valence-corrected chi connectivity index (χ1v) is 9.33. The number of hydrogen-bond donors (Lipinski definition) is 2. The van der Waals surface area contributed by atoms with Crippen molar-refractivity contribution in [2.24, 2.45) is 0 Å². The van der Waals surface area contributed by atoms with Gasteiger partial charge in [0, 0.05) is 17.8 Å². The van der Waals surface area contributed by atoms with Crippen LogP contribution < -0.4 is 15.4 Å². The SMILES string of the molecule is O=C(COc1cccc(C(=O)NCc2ccccc2)c1)Nc1cccc(C(F)(F)F)c1. The zero-order valence-electron chi connectivity index (χ0n) is 16.3. The van der Waals surface area contributed by atoms with Gasteiger partial charge in [0.25, 0.3) is 11.8 Å². The van der Waals surface area contributed by atoms with Gasteiger partial charge >= 0.3 is 6.18 Å². The van der Waals surface area contributed by atoms with Crippen molar-refractivity contribution in [3.8, 4) is 5.75 Å². The molecule has 8 heteroatoms. The third-order valence-corrected chi connectivity index (χ3v) is 4.24. The van der Waals surface area contributed by atoms with E-state index in [1.165, 1.54) is 18.2 Å². The van der Waals surface area contributed by atoms with E-state index >= 15 is 0 Å². The van der Waals surface area contributed by atoms with Gasteiger partial charge in [-0.2, -0.15) is 13.2 Å². The molecule has 160 valence electrons. The van der Waals surface area contributed by atoms with Crippen molar-refractivity contribution in [1.82, 2.24) is 5.32 Å². The van der Waals surface area contributed by atoms with Crippen LogP contribution in [0.2, 0.25) is 0 Å². The summed E-state index contributed by atoms with van der Waals surface area (Å²) in [6, 6.07) is 20.0. The lowest BCUT2D eigenvalue weighted by atomic mass is 10.2. The molecule has 0 bridgehead atoms. The fraction of sp³-hybridized carbons (Fsp3) is 0.130. The van der Waals surface area contributed by atoms with Gasteiger partial charge in [0.1, 0.15) is 5.75 Å². The van der Waals surface area contributed by atoms with Crippen molar-refractivity contribution in [1.29, 1.82) is 0 Å². The fourth-order valence-electron chi connectivity index (χ4n) is 2.73. The molecular formula is C23H19F3N2O3. The highest BCUT2D eigenvalue weighted by molar-refractivity contribution is 5.94. The largest absolute Gasteiger partial charge is 0.484 e. The molecule has 3 rings (SSSR count). The van der Waals surface area contributed by atoms with Gasteiger partial charge in [-0.1, -0.05) is 42.5 Å². The van der Waals surface area contributed by atoms with E-state index in [2.05, 4.69) is 10.6 Å². The number of anilines is 1. The van der Waals surface area contributed by atoms with Crippen LogP contribution in [0.4, 0.5) is 18.9 Å². The number of carbonyl (C=O) groups excluding carboxylic acids is 2. The average Bonchev–Trinajstić information content (AvgIpc) is 2.76. The van der Waals surface area contributed by atoms with E-state index in [9.17, 15) is 22.8 Å². The minimum Gasteiger partial charge on any atom is -0.484 e. The van der Waals surface area contributed by atoms with Gasteiger partial charge in [-0.05, 0) is 42.0 Å². The van der Waals surface area contributed by atoms with Crippen LogP contribution in [0.5, 0.6) is 5.75 Å². The Balaban J connectivity index is 1.54. The summed E-state index contributed by atoms with van der Waals surface area (Å²) in [5.41, 5.74) is 0.458. The van der Waals surface area contributed by atoms with Crippen molar-refractivity contribution >= 4 is 17.5 Å². The second kappa shape index (κ2) is 9.80. The molecule has 5 nitrogen and oxygen atoms in total. The maximum Gasteiger partial charge on any atom is 0.416 e. The third-order valence-electron chi connectivity index (χ3n) is 4.24. The van der Waals surface area contributed by atoms with Gasteiger partial charge in [-0.3, -0.25) is 9.59 Å². The Morgan fingerprint density at radius 1 is 0.871 bits per heavy atom. The van der Waals surface area contributed by atoms with Crippen molar-refractivity contribution < 1.29 is 27.5 Å². The molecule has 0 aliphatic rings. The average molecular weight is 428 g/mol. The van der Waals surface area contributed by atoms with Gasteiger partial charge in [0.05, 0.1) is 5.56 Å². The Bertz CT molecular complexity index is 1050. The highest BCUT2D eigenvalue weighted by atomic mass is 19.4.